The molecule has 0 aliphatic carbocycles. The summed E-state index contributed by atoms with van der Waals surface area (Å²) in [6, 6.07) is 14.8. The summed E-state index contributed by atoms with van der Waals surface area (Å²) in [5.74, 6) is 0.324. The van der Waals surface area contributed by atoms with Crippen LogP contribution in [0.1, 0.15) is 38.2 Å². The van der Waals surface area contributed by atoms with Gasteiger partial charge in [-0.15, -0.1) is 0 Å². The minimum Gasteiger partial charge on any atom is -0.497 e. The molecule has 0 saturated carbocycles. The Labute approximate surface area is 192 Å². The zero-order valence-electron chi connectivity index (χ0n) is 17.6. The molecule has 0 radical (unpaired) electrons. The van der Waals surface area contributed by atoms with E-state index in [1.165, 1.54) is 16.7 Å². The van der Waals surface area contributed by atoms with Crippen molar-refractivity contribution in [2.24, 2.45) is 0 Å². The molecule has 0 aromatic heterocycles. The van der Waals surface area contributed by atoms with Gasteiger partial charge in [-0.3, -0.25) is 14.5 Å². The third-order valence-corrected chi connectivity index (χ3v) is 6.86. The molecule has 0 spiro atoms. The predicted molar refractivity (Wildman–Crippen MR) is 131 cm³/mol. The number of amides is 2. The Hall–Kier alpha value is -2.64. The molecular weight excluding hydrogens is 428 g/mol. The molecule has 0 bridgehead atoms. The maximum atomic E-state index is 13.4. The molecule has 2 heterocycles. The third-order valence-electron chi connectivity index (χ3n) is 5.49. The SMILES string of the molecule is CCCCCCN1C(=O)/C(=C2\SC(=S)N(c3ccc(OC)cc3)C2=O)c2ccccc21. The number of ether oxygens (including phenoxy) is 1. The lowest BCUT2D eigenvalue weighted by Gasteiger charge is -2.17. The average Bonchev–Trinajstić information content (AvgIpc) is 3.23. The Morgan fingerprint density at radius 3 is 2.42 bits per heavy atom. The largest absolute Gasteiger partial charge is 0.497 e. The molecule has 2 amide bonds. The second-order valence-electron chi connectivity index (χ2n) is 7.45. The molecule has 0 unspecified atom stereocenters. The van der Waals surface area contributed by atoms with Gasteiger partial charge in [0, 0.05) is 12.1 Å². The van der Waals surface area contributed by atoms with Gasteiger partial charge in [-0.05, 0) is 36.8 Å². The number of unbranched alkanes of at least 4 members (excludes halogenated alkanes) is 3. The highest BCUT2D eigenvalue weighted by Gasteiger charge is 2.42. The molecule has 2 aliphatic heterocycles. The molecular formula is C24H24N2O3S2. The zero-order chi connectivity index (χ0) is 22.0. The van der Waals surface area contributed by atoms with Crippen molar-refractivity contribution < 1.29 is 14.3 Å². The average molecular weight is 453 g/mol. The number of thioether (sulfide) groups is 1. The van der Waals surface area contributed by atoms with E-state index in [0.717, 1.165) is 36.9 Å². The molecule has 7 heteroatoms. The first kappa shape index (κ1) is 21.6. The van der Waals surface area contributed by atoms with Gasteiger partial charge in [-0.25, -0.2) is 0 Å². The standard InChI is InChI=1S/C24H24N2O3S2/c1-3-4-5-8-15-25-19-10-7-6-9-18(19)20(22(25)27)21-23(28)26(24(30)31-21)16-11-13-17(29-2)14-12-16/h6-7,9-14H,3-5,8,15H2,1-2H3/b21-20-. The summed E-state index contributed by atoms with van der Waals surface area (Å²) in [6.45, 7) is 2.82. The van der Waals surface area contributed by atoms with Crippen LogP contribution in [0.15, 0.2) is 53.4 Å². The van der Waals surface area contributed by atoms with Gasteiger partial charge in [0.25, 0.3) is 11.8 Å². The number of carbonyl (C=O) groups is 2. The van der Waals surface area contributed by atoms with E-state index in [1.807, 2.05) is 24.3 Å². The van der Waals surface area contributed by atoms with Crippen LogP contribution in [0.2, 0.25) is 0 Å². The number of methoxy groups -OCH3 is 1. The lowest BCUT2D eigenvalue weighted by atomic mass is 10.1. The topological polar surface area (TPSA) is 49.9 Å². The summed E-state index contributed by atoms with van der Waals surface area (Å²) < 4.78 is 5.62. The zero-order valence-corrected chi connectivity index (χ0v) is 19.2. The van der Waals surface area contributed by atoms with E-state index in [0.29, 0.717) is 32.8 Å². The second kappa shape index (κ2) is 9.24. The highest BCUT2D eigenvalue weighted by atomic mass is 32.2. The molecule has 1 saturated heterocycles. The van der Waals surface area contributed by atoms with Gasteiger partial charge in [0.15, 0.2) is 4.32 Å². The minimum absolute atomic E-state index is 0.118. The fourth-order valence-electron chi connectivity index (χ4n) is 3.89. The number of hydrogen-bond acceptors (Lipinski definition) is 5. The van der Waals surface area contributed by atoms with Gasteiger partial charge in [0.1, 0.15) is 5.75 Å². The Morgan fingerprint density at radius 2 is 1.71 bits per heavy atom. The van der Waals surface area contributed by atoms with Crippen LogP contribution in [0.4, 0.5) is 11.4 Å². The number of anilines is 2. The van der Waals surface area contributed by atoms with Gasteiger partial charge in [-0.1, -0.05) is 68.4 Å². The van der Waals surface area contributed by atoms with Gasteiger partial charge < -0.3 is 9.64 Å². The Kier molecular flexibility index (Phi) is 6.43. The molecule has 0 N–H and O–H groups in total. The quantitative estimate of drug-likeness (QED) is 0.320. The number of carbonyl (C=O) groups excluding carboxylic acids is 2. The molecule has 4 rings (SSSR count). The lowest BCUT2D eigenvalue weighted by Crippen LogP contribution is -2.29. The van der Waals surface area contributed by atoms with Crippen molar-refractivity contribution in [3.8, 4) is 5.75 Å². The van der Waals surface area contributed by atoms with Crippen LogP contribution in [0.25, 0.3) is 5.57 Å². The minimum atomic E-state index is -0.258. The van der Waals surface area contributed by atoms with Crippen molar-refractivity contribution in [2.75, 3.05) is 23.5 Å². The van der Waals surface area contributed by atoms with Crippen LogP contribution < -0.4 is 14.5 Å². The Morgan fingerprint density at radius 1 is 0.968 bits per heavy atom. The number of rotatable bonds is 7. The van der Waals surface area contributed by atoms with E-state index in [2.05, 4.69) is 6.92 Å². The summed E-state index contributed by atoms with van der Waals surface area (Å²) in [5, 5.41) is 0. The summed E-state index contributed by atoms with van der Waals surface area (Å²) in [4.78, 5) is 30.5. The van der Waals surface area contributed by atoms with Crippen LogP contribution in [0.5, 0.6) is 5.75 Å². The van der Waals surface area contributed by atoms with E-state index in [1.54, 1.807) is 36.3 Å². The van der Waals surface area contributed by atoms with Gasteiger partial charge >= 0.3 is 0 Å². The smallest absolute Gasteiger partial charge is 0.271 e. The summed E-state index contributed by atoms with van der Waals surface area (Å²) in [5.41, 5.74) is 2.79. The Balaban J connectivity index is 1.68. The van der Waals surface area contributed by atoms with E-state index in [-0.39, 0.29) is 11.8 Å². The first-order valence-electron chi connectivity index (χ1n) is 10.4. The van der Waals surface area contributed by atoms with Gasteiger partial charge in [-0.2, -0.15) is 0 Å². The number of hydrogen-bond donors (Lipinski definition) is 0. The fraction of sp³-hybridized carbons (Fsp3) is 0.292. The highest BCUT2D eigenvalue weighted by molar-refractivity contribution is 8.27. The molecule has 2 aliphatic rings. The summed E-state index contributed by atoms with van der Waals surface area (Å²) in [6.07, 6.45) is 4.31. The highest BCUT2D eigenvalue weighted by Crippen LogP contribution is 2.45. The molecule has 31 heavy (non-hydrogen) atoms. The first-order chi connectivity index (χ1) is 15.1. The predicted octanol–water partition coefficient (Wildman–Crippen LogP) is 5.40. The van der Waals surface area contributed by atoms with E-state index < -0.39 is 0 Å². The molecule has 2 aromatic carbocycles. The third kappa shape index (κ3) is 4.00. The van der Waals surface area contributed by atoms with Crippen LogP contribution in [-0.4, -0.2) is 29.8 Å². The van der Waals surface area contributed by atoms with E-state index >= 15 is 0 Å². The van der Waals surface area contributed by atoms with Crippen molar-refractivity contribution in [2.45, 2.75) is 32.6 Å². The van der Waals surface area contributed by atoms with Crippen LogP contribution in [-0.2, 0) is 9.59 Å². The normalized spacial score (nSPS) is 18.2. The fourth-order valence-corrected chi connectivity index (χ4v) is 5.26. The summed E-state index contributed by atoms with van der Waals surface area (Å²) >= 11 is 6.71. The van der Waals surface area contributed by atoms with Crippen molar-refractivity contribution in [3.63, 3.8) is 0 Å². The summed E-state index contributed by atoms with van der Waals surface area (Å²) in [7, 11) is 1.59. The van der Waals surface area contributed by atoms with Crippen molar-refractivity contribution in [1.29, 1.82) is 0 Å². The van der Waals surface area contributed by atoms with Crippen LogP contribution in [0.3, 0.4) is 0 Å². The molecule has 160 valence electrons. The van der Waals surface area contributed by atoms with Crippen molar-refractivity contribution >= 4 is 57.1 Å². The number of thiocarbonyl (C=S) groups is 1. The van der Waals surface area contributed by atoms with Crippen LogP contribution >= 0.6 is 24.0 Å². The van der Waals surface area contributed by atoms with Crippen molar-refractivity contribution in [1.82, 2.24) is 0 Å². The molecule has 0 atom stereocenters. The first-order valence-corrected chi connectivity index (χ1v) is 11.6. The molecule has 2 aromatic rings. The second-order valence-corrected chi connectivity index (χ2v) is 9.09. The van der Waals surface area contributed by atoms with Crippen molar-refractivity contribution in [3.05, 3.63) is 59.0 Å². The van der Waals surface area contributed by atoms with Gasteiger partial charge in [0.05, 0.1) is 29.0 Å². The van der Waals surface area contributed by atoms with E-state index in [4.69, 9.17) is 17.0 Å². The number of benzene rings is 2. The Bertz CT molecular complexity index is 1060. The van der Waals surface area contributed by atoms with Crippen LogP contribution in [0, 0.1) is 0 Å². The number of fused-ring (bicyclic) bond motifs is 1. The van der Waals surface area contributed by atoms with E-state index in [9.17, 15) is 9.59 Å². The lowest BCUT2D eigenvalue weighted by molar-refractivity contribution is -0.115. The number of para-hydroxylation sites is 1. The maximum Gasteiger partial charge on any atom is 0.271 e. The monoisotopic (exact) mass is 452 g/mol. The molecule has 1 fully saturated rings. The maximum absolute atomic E-state index is 13.4. The number of nitrogens with zero attached hydrogens (tertiary/aromatic N) is 2. The molecule has 5 nitrogen and oxygen atoms in total. The van der Waals surface area contributed by atoms with Gasteiger partial charge in [0.2, 0.25) is 0 Å².